The van der Waals surface area contributed by atoms with E-state index in [1.165, 1.54) is 12.1 Å². The molecule has 7 heteroatoms. The predicted octanol–water partition coefficient (Wildman–Crippen LogP) is 2.75. The van der Waals surface area contributed by atoms with Gasteiger partial charge in [0, 0.05) is 32.4 Å². The molecule has 2 heterocycles. The summed E-state index contributed by atoms with van der Waals surface area (Å²) in [6, 6.07) is 6.99. The standard InChI is InChI=1S/C16H18F3N3O/c1-21-13(5-6-20-21)9-22-10-14(23)8-15(22)11-3-2-4-12(7-11)16(17,18)19/h2-7,14-15,23H,8-10H2,1H3/t14-,15-/m0/s1. The second-order valence-electron chi connectivity index (χ2n) is 5.90. The lowest BCUT2D eigenvalue weighted by Gasteiger charge is -2.25. The van der Waals surface area contributed by atoms with Gasteiger partial charge in [-0.25, -0.2) is 0 Å². The fourth-order valence-electron chi connectivity index (χ4n) is 3.09. The number of alkyl halides is 3. The minimum atomic E-state index is -4.36. The van der Waals surface area contributed by atoms with Crippen molar-refractivity contribution in [2.75, 3.05) is 6.54 Å². The number of aliphatic hydroxyl groups is 1. The molecule has 1 aromatic carbocycles. The van der Waals surface area contributed by atoms with Crippen molar-refractivity contribution in [3.8, 4) is 0 Å². The number of halogens is 3. The van der Waals surface area contributed by atoms with Crippen molar-refractivity contribution in [2.45, 2.75) is 31.3 Å². The first kappa shape index (κ1) is 16.0. The van der Waals surface area contributed by atoms with Crippen LogP contribution in [0.2, 0.25) is 0 Å². The molecule has 1 saturated heterocycles. The summed E-state index contributed by atoms with van der Waals surface area (Å²) in [7, 11) is 1.82. The summed E-state index contributed by atoms with van der Waals surface area (Å²) >= 11 is 0. The zero-order valence-electron chi connectivity index (χ0n) is 12.7. The van der Waals surface area contributed by atoms with E-state index < -0.39 is 17.8 Å². The van der Waals surface area contributed by atoms with Crippen molar-refractivity contribution in [3.63, 3.8) is 0 Å². The Kier molecular flexibility index (Phi) is 4.16. The van der Waals surface area contributed by atoms with E-state index in [-0.39, 0.29) is 6.04 Å². The van der Waals surface area contributed by atoms with Crippen LogP contribution in [0.15, 0.2) is 36.5 Å². The van der Waals surface area contributed by atoms with Crippen LogP contribution in [-0.2, 0) is 19.8 Å². The van der Waals surface area contributed by atoms with E-state index in [2.05, 4.69) is 5.10 Å². The molecule has 0 unspecified atom stereocenters. The van der Waals surface area contributed by atoms with E-state index in [0.29, 0.717) is 25.1 Å². The molecular formula is C16H18F3N3O. The van der Waals surface area contributed by atoms with Gasteiger partial charge in [0.2, 0.25) is 0 Å². The number of likely N-dealkylation sites (tertiary alicyclic amines) is 1. The van der Waals surface area contributed by atoms with Crippen LogP contribution in [0.25, 0.3) is 0 Å². The van der Waals surface area contributed by atoms with Gasteiger partial charge in [0.1, 0.15) is 0 Å². The van der Waals surface area contributed by atoms with Crippen molar-refractivity contribution >= 4 is 0 Å². The van der Waals surface area contributed by atoms with Crippen LogP contribution in [0, 0.1) is 0 Å². The van der Waals surface area contributed by atoms with Crippen LogP contribution >= 0.6 is 0 Å². The van der Waals surface area contributed by atoms with Gasteiger partial charge < -0.3 is 5.11 Å². The van der Waals surface area contributed by atoms with E-state index in [1.807, 2.05) is 18.0 Å². The largest absolute Gasteiger partial charge is 0.416 e. The number of aryl methyl sites for hydroxylation is 1. The van der Waals surface area contributed by atoms with Crippen molar-refractivity contribution < 1.29 is 18.3 Å². The number of hydrogen-bond acceptors (Lipinski definition) is 3. The molecule has 0 amide bonds. The van der Waals surface area contributed by atoms with E-state index in [1.54, 1.807) is 16.9 Å². The lowest BCUT2D eigenvalue weighted by atomic mass is 10.0. The van der Waals surface area contributed by atoms with Gasteiger partial charge in [-0.15, -0.1) is 0 Å². The molecule has 1 fully saturated rings. The van der Waals surface area contributed by atoms with Gasteiger partial charge in [0.25, 0.3) is 0 Å². The Balaban J connectivity index is 1.86. The number of hydrogen-bond donors (Lipinski definition) is 1. The number of benzene rings is 1. The number of β-amino-alcohol motifs (C(OH)–C–C–N with tert-alkyl or cyclic N) is 1. The molecule has 23 heavy (non-hydrogen) atoms. The van der Waals surface area contributed by atoms with E-state index >= 15 is 0 Å². The average molecular weight is 325 g/mol. The average Bonchev–Trinajstić information content (AvgIpc) is 3.05. The quantitative estimate of drug-likeness (QED) is 0.943. The van der Waals surface area contributed by atoms with Gasteiger partial charge in [-0.05, 0) is 30.2 Å². The van der Waals surface area contributed by atoms with Gasteiger partial charge in [-0.2, -0.15) is 18.3 Å². The van der Waals surface area contributed by atoms with Gasteiger partial charge in [0.05, 0.1) is 17.4 Å². The van der Waals surface area contributed by atoms with Gasteiger partial charge in [-0.3, -0.25) is 9.58 Å². The molecule has 1 aliphatic rings. The third-order valence-electron chi connectivity index (χ3n) is 4.27. The lowest BCUT2D eigenvalue weighted by molar-refractivity contribution is -0.137. The first-order valence-corrected chi connectivity index (χ1v) is 7.41. The Morgan fingerprint density at radius 1 is 1.30 bits per heavy atom. The summed E-state index contributed by atoms with van der Waals surface area (Å²) in [5.74, 6) is 0. The maximum absolute atomic E-state index is 12.9. The Morgan fingerprint density at radius 2 is 2.09 bits per heavy atom. The summed E-state index contributed by atoms with van der Waals surface area (Å²) in [6.07, 6.45) is -2.79. The zero-order valence-corrected chi connectivity index (χ0v) is 12.7. The summed E-state index contributed by atoms with van der Waals surface area (Å²) in [4.78, 5) is 2.00. The van der Waals surface area contributed by atoms with Crippen LogP contribution in [0.1, 0.15) is 29.3 Å². The van der Waals surface area contributed by atoms with Crippen LogP contribution in [-0.4, -0.2) is 32.4 Å². The Labute approximate surface area is 132 Å². The second-order valence-corrected chi connectivity index (χ2v) is 5.90. The molecule has 0 bridgehead atoms. The van der Waals surface area contributed by atoms with Gasteiger partial charge in [-0.1, -0.05) is 12.1 Å². The van der Waals surface area contributed by atoms with Crippen molar-refractivity contribution in [3.05, 3.63) is 53.3 Å². The zero-order chi connectivity index (χ0) is 16.6. The van der Waals surface area contributed by atoms with Crippen LogP contribution in [0.4, 0.5) is 13.2 Å². The molecule has 1 aromatic heterocycles. The Morgan fingerprint density at radius 3 is 2.74 bits per heavy atom. The lowest BCUT2D eigenvalue weighted by Crippen LogP contribution is -2.25. The molecule has 3 rings (SSSR count). The normalized spacial score (nSPS) is 22.7. The summed E-state index contributed by atoms with van der Waals surface area (Å²) in [5.41, 5.74) is 0.881. The second kappa shape index (κ2) is 5.98. The molecule has 0 spiro atoms. The highest BCUT2D eigenvalue weighted by atomic mass is 19.4. The number of nitrogens with zero attached hydrogens (tertiary/aromatic N) is 3. The minimum Gasteiger partial charge on any atom is -0.392 e. The van der Waals surface area contributed by atoms with Crippen LogP contribution < -0.4 is 0 Å². The first-order chi connectivity index (χ1) is 10.8. The topological polar surface area (TPSA) is 41.3 Å². The maximum atomic E-state index is 12.9. The highest BCUT2D eigenvalue weighted by molar-refractivity contribution is 5.29. The van der Waals surface area contributed by atoms with E-state index in [4.69, 9.17) is 0 Å². The van der Waals surface area contributed by atoms with Gasteiger partial charge >= 0.3 is 6.18 Å². The number of aliphatic hydroxyl groups excluding tert-OH is 1. The van der Waals surface area contributed by atoms with Gasteiger partial charge in [0.15, 0.2) is 0 Å². The molecule has 1 aliphatic heterocycles. The predicted molar refractivity (Wildman–Crippen MR) is 78.4 cm³/mol. The van der Waals surface area contributed by atoms with Crippen LogP contribution in [0.5, 0.6) is 0 Å². The number of rotatable bonds is 3. The van der Waals surface area contributed by atoms with Crippen molar-refractivity contribution in [1.82, 2.24) is 14.7 Å². The van der Waals surface area contributed by atoms with Crippen molar-refractivity contribution in [2.24, 2.45) is 7.05 Å². The summed E-state index contributed by atoms with van der Waals surface area (Å²) in [5, 5.41) is 14.1. The van der Waals surface area contributed by atoms with Crippen molar-refractivity contribution in [1.29, 1.82) is 0 Å². The third-order valence-corrected chi connectivity index (χ3v) is 4.27. The molecule has 0 saturated carbocycles. The minimum absolute atomic E-state index is 0.234. The third kappa shape index (κ3) is 3.40. The summed E-state index contributed by atoms with van der Waals surface area (Å²) in [6.45, 7) is 0.973. The molecule has 1 N–H and O–H groups in total. The monoisotopic (exact) mass is 325 g/mol. The SMILES string of the molecule is Cn1nccc1CN1C[C@@H](O)C[C@H]1c1cccc(C(F)(F)F)c1. The highest BCUT2D eigenvalue weighted by Gasteiger charge is 2.35. The summed E-state index contributed by atoms with van der Waals surface area (Å²) < 4.78 is 40.5. The maximum Gasteiger partial charge on any atom is 0.416 e. The fraction of sp³-hybridized carbons (Fsp3) is 0.438. The Bertz CT molecular complexity index is 683. The molecule has 0 aliphatic carbocycles. The number of aromatic nitrogens is 2. The highest BCUT2D eigenvalue weighted by Crippen LogP contribution is 2.36. The van der Waals surface area contributed by atoms with Crippen LogP contribution in [0.3, 0.4) is 0 Å². The van der Waals surface area contributed by atoms with E-state index in [9.17, 15) is 18.3 Å². The molecular weight excluding hydrogens is 307 g/mol. The molecule has 4 nitrogen and oxygen atoms in total. The molecule has 2 atom stereocenters. The smallest absolute Gasteiger partial charge is 0.392 e. The van der Waals surface area contributed by atoms with E-state index in [0.717, 1.165) is 11.8 Å². The Hall–Kier alpha value is -1.86. The fourth-order valence-corrected chi connectivity index (χ4v) is 3.09. The molecule has 124 valence electrons. The molecule has 0 radical (unpaired) electrons. The molecule has 2 aromatic rings. The first-order valence-electron chi connectivity index (χ1n) is 7.41.